The number of rotatable bonds is 9. The highest BCUT2D eigenvalue weighted by Gasteiger charge is 2.18. The summed E-state index contributed by atoms with van der Waals surface area (Å²) >= 11 is 0. The highest BCUT2D eigenvalue weighted by molar-refractivity contribution is 6.14. The molecule has 0 bridgehead atoms. The summed E-state index contributed by atoms with van der Waals surface area (Å²) in [5.74, 6) is -0.399. The van der Waals surface area contributed by atoms with E-state index in [-0.39, 0.29) is 11.8 Å². The van der Waals surface area contributed by atoms with Crippen molar-refractivity contribution in [3.05, 3.63) is 53.6 Å². The maximum atomic E-state index is 12.3. The summed E-state index contributed by atoms with van der Waals surface area (Å²) in [6.45, 7) is 4.43. The van der Waals surface area contributed by atoms with Crippen LogP contribution in [0.4, 0.5) is 11.4 Å². The van der Waals surface area contributed by atoms with Crippen molar-refractivity contribution < 1.29 is 19.4 Å². The van der Waals surface area contributed by atoms with E-state index in [4.69, 9.17) is 9.73 Å². The minimum Gasteiger partial charge on any atom is -0.494 e. The second-order valence-corrected chi connectivity index (χ2v) is 8.34. The number of carbonyl (C=O) groups excluding carboxylic acids is 2. The molecule has 0 atom stereocenters. The molecule has 0 saturated heterocycles. The number of likely N-dealkylation sites (N-methyl/N-ethyl adjacent to an activating group) is 2. The Balaban J connectivity index is 1.94. The highest BCUT2D eigenvalue weighted by Crippen LogP contribution is 2.31. The van der Waals surface area contributed by atoms with Crippen LogP contribution < -0.4 is 4.90 Å². The van der Waals surface area contributed by atoms with Crippen molar-refractivity contribution in [1.29, 1.82) is 0 Å². The molecule has 0 radical (unpaired) electrons. The van der Waals surface area contributed by atoms with E-state index < -0.39 is 5.97 Å². The number of H-pyrrole nitrogens is 1. The van der Waals surface area contributed by atoms with Gasteiger partial charge < -0.3 is 24.6 Å². The van der Waals surface area contributed by atoms with Crippen molar-refractivity contribution >= 4 is 39.9 Å². The molecule has 0 aliphatic carbocycles. The van der Waals surface area contributed by atoms with Crippen LogP contribution >= 0.6 is 0 Å². The summed E-state index contributed by atoms with van der Waals surface area (Å²) in [6, 6.07) is 12.6. The van der Waals surface area contributed by atoms with Gasteiger partial charge in [-0.15, -0.1) is 0 Å². The number of aliphatic imine (C=N–C) groups is 1. The van der Waals surface area contributed by atoms with Gasteiger partial charge in [0.05, 0.1) is 35.7 Å². The van der Waals surface area contributed by atoms with Crippen LogP contribution in [0.3, 0.4) is 0 Å². The third kappa shape index (κ3) is 5.63. The maximum Gasteiger partial charge on any atom is 0.338 e. The van der Waals surface area contributed by atoms with Gasteiger partial charge in [0.15, 0.2) is 5.88 Å². The predicted molar refractivity (Wildman–Crippen MR) is 135 cm³/mol. The van der Waals surface area contributed by atoms with Gasteiger partial charge >= 0.3 is 5.97 Å². The molecule has 1 heterocycles. The largest absolute Gasteiger partial charge is 0.494 e. The zero-order valence-corrected chi connectivity index (χ0v) is 20.4. The van der Waals surface area contributed by atoms with E-state index in [1.165, 1.54) is 0 Å². The molecule has 8 heteroatoms. The lowest BCUT2D eigenvalue weighted by atomic mass is 10.0. The van der Waals surface area contributed by atoms with Crippen LogP contribution in [-0.4, -0.2) is 66.9 Å². The van der Waals surface area contributed by atoms with Gasteiger partial charge in [0.1, 0.15) is 0 Å². The Hall–Kier alpha value is -3.65. The van der Waals surface area contributed by atoms with E-state index in [0.29, 0.717) is 36.2 Å². The zero-order chi connectivity index (χ0) is 24.8. The Morgan fingerprint density at radius 3 is 2.38 bits per heavy atom. The molecule has 3 aromatic rings. The molecule has 3 rings (SSSR count). The van der Waals surface area contributed by atoms with Gasteiger partial charge in [-0.2, -0.15) is 0 Å². The quantitative estimate of drug-likeness (QED) is 0.359. The first kappa shape index (κ1) is 25.0. The number of carbonyl (C=O) groups is 2. The van der Waals surface area contributed by atoms with Crippen LogP contribution in [0.1, 0.15) is 42.6 Å². The molecule has 2 aromatic carbocycles. The molecule has 0 fully saturated rings. The number of benzene rings is 2. The lowest BCUT2D eigenvalue weighted by Gasteiger charge is -2.19. The molecule has 0 saturated carbocycles. The fourth-order valence-corrected chi connectivity index (χ4v) is 3.72. The average molecular weight is 465 g/mol. The van der Waals surface area contributed by atoms with Gasteiger partial charge in [0.2, 0.25) is 5.91 Å². The summed E-state index contributed by atoms with van der Waals surface area (Å²) in [6.07, 6.45) is 1.49. The number of hydrogen-bond acceptors (Lipinski definition) is 6. The normalized spacial score (nSPS) is 11.8. The van der Waals surface area contributed by atoms with Crippen molar-refractivity contribution in [2.75, 3.05) is 39.2 Å². The minimum absolute atomic E-state index is 0.00109. The summed E-state index contributed by atoms with van der Waals surface area (Å²) in [7, 11) is 5.47. The van der Waals surface area contributed by atoms with Crippen molar-refractivity contribution in [2.45, 2.75) is 26.7 Å². The van der Waals surface area contributed by atoms with E-state index in [2.05, 4.69) is 11.9 Å². The number of aromatic amines is 1. The van der Waals surface area contributed by atoms with Crippen LogP contribution in [0.15, 0.2) is 47.5 Å². The van der Waals surface area contributed by atoms with Gasteiger partial charge in [0.25, 0.3) is 0 Å². The number of nitrogens with one attached hydrogen (secondary N) is 1. The smallest absolute Gasteiger partial charge is 0.338 e. The average Bonchev–Trinajstić information content (AvgIpc) is 3.13. The summed E-state index contributed by atoms with van der Waals surface area (Å²) in [5.41, 5.74) is 3.91. The van der Waals surface area contributed by atoms with Crippen molar-refractivity contribution in [1.82, 2.24) is 9.88 Å². The molecule has 0 aliphatic heterocycles. The Bertz CT molecular complexity index is 1200. The molecule has 8 nitrogen and oxygen atoms in total. The standard InChI is InChI=1S/C26H32N4O4/c1-6-8-21(27-18-10-12-19(13-11-18)30(5)23(31)16-29(3)4)24-20-14-9-17(26(33)34-7-2)15-22(20)28-25(24)32/h9-15,28,32H,6-8,16H2,1-5H3. The van der Waals surface area contributed by atoms with Gasteiger partial charge in [-0.3, -0.25) is 9.79 Å². The fourth-order valence-electron chi connectivity index (χ4n) is 3.72. The monoisotopic (exact) mass is 464 g/mol. The summed E-state index contributed by atoms with van der Waals surface area (Å²) in [4.78, 5) is 35.6. The Morgan fingerprint density at radius 1 is 1.06 bits per heavy atom. The van der Waals surface area contributed by atoms with Gasteiger partial charge in [-0.05, 0) is 63.8 Å². The molecular formula is C26H32N4O4. The molecule has 0 aliphatic rings. The van der Waals surface area contributed by atoms with Gasteiger partial charge in [-0.1, -0.05) is 19.4 Å². The second-order valence-electron chi connectivity index (χ2n) is 8.34. The molecule has 0 spiro atoms. The molecule has 2 N–H and O–H groups in total. The van der Waals surface area contributed by atoms with E-state index in [1.807, 2.05) is 43.3 Å². The van der Waals surface area contributed by atoms with Crippen LogP contribution in [0.2, 0.25) is 0 Å². The minimum atomic E-state index is -0.406. The number of nitrogens with zero attached hydrogens (tertiary/aromatic N) is 3. The van der Waals surface area contributed by atoms with Crippen LogP contribution in [0, 0.1) is 0 Å². The van der Waals surface area contributed by atoms with Crippen LogP contribution in [0.25, 0.3) is 10.9 Å². The van der Waals surface area contributed by atoms with Crippen molar-refractivity contribution in [2.24, 2.45) is 4.99 Å². The van der Waals surface area contributed by atoms with Crippen molar-refractivity contribution in [3.8, 4) is 5.88 Å². The van der Waals surface area contributed by atoms with E-state index >= 15 is 0 Å². The molecular weight excluding hydrogens is 432 g/mol. The Morgan fingerprint density at radius 2 is 1.76 bits per heavy atom. The van der Waals surface area contributed by atoms with Crippen molar-refractivity contribution in [3.63, 3.8) is 0 Å². The molecule has 180 valence electrons. The SMILES string of the molecule is CCCC(=Nc1ccc(N(C)C(=O)CN(C)C)cc1)c1c(O)[nH]c2cc(C(=O)OCC)ccc12. The van der Waals surface area contributed by atoms with Crippen LogP contribution in [-0.2, 0) is 9.53 Å². The topological polar surface area (TPSA) is 98.2 Å². The maximum absolute atomic E-state index is 12.3. The number of hydrogen-bond donors (Lipinski definition) is 2. The van der Waals surface area contributed by atoms with Crippen LogP contribution in [0.5, 0.6) is 5.88 Å². The van der Waals surface area contributed by atoms with Gasteiger partial charge in [-0.25, -0.2) is 4.79 Å². The molecule has 1 amide bonds. The molecule has 1 aromatic heterocycles. The first-order valence-corrected chi connectivity index (χ1v) is 11.4. The van der Waals surface area contributed by atoms with E-state index in [9.17, 15) is 14.7 Å². The zero-order valence-electron chi connectivity index (χ0n) is 20.4. The fraction of sp³-hybridized carbons (Fsp3) is 0.346. The summed E-state index contributed by atoms with van der Waals surface area (Å²) in [5, 5.41) is 11.5. The van der Waals surface area contributed by atoms with E-state index in [0.717, 1.165) is 28.9 Å². The molecule has 34 heavy (non-hydrogen) atoms. The highest BCUT2D eigenvalue weighted by atomic mass is 16.5. The summed E-state index contributed by atoms with van der Waals surface area (Å²) < 4.78 is 5.07. The Kier molecular flexibility index (Phi) is 8.07. The number of esters is 1. The number of anilines is 1. The third-order valence-corrected chi connectivity index (χ3v) is 5.39. The number of aromatic hydroxyl groups is 1. The lowest BCUT2D eigenvalue weighted by molar-refractivity contribution is -0.118. The third-order valence-electron chi connectivity index (χ3n) is 5.39. The van der Waals surface area contributed by atoms with Gasteiger partial charge in [0, 0.05) is 23.6 Å². The second kappa shape index (κ2) is 11.0. The number of aromatic nitrogens is 1. The number of ether oxygens (including phenoxy) is 1. The Labute approximate surface area is 199 Å². The predicted octanol–water partition coefficient (Wildman–Crippen LogP) is 4.50. The molecule has 0 unspecified atom stereocenters. The lowest BCUT2D eigenvalue weighted by Crippen LogP contribution is -2.34. The van der Waals surface area contributed by atoms with E-state index in [1.54, 1.807) is 37.1 Å². The number of fused-ring (bicyclic) bond motifs is 1. The number of amides is 1. The first-order chi connectivity index (χ1) is 16.2. The first-order valence-electron chi connectivity index (χ1n) is 11.4.